The van der Waals surface area contributed by atoms with Crippen LogP contribution in [0.4, 0.5) is 0 Å². The highest BCUT2D eigenvalue weighted by atomic mass is 35.5. The number of carbonyl (C=O) groups is 1. The maximum atomic E-state index is 13.4. The van der Waals surface area contributed by atoms with Crippen molar-refractivity contribution in [3.05, 3.63) is 105 Å². The molecule has 1 atom stereocenters. The lowest BCUT2D eigenvalue weighted by Gasteiger charge is -2.36. The Labute approximate surface area is 195 Å². The maximum absolute atomic E-state index is 13.4. The first-order valence-corrected chi connectivity index (χ1v) is 11.5. The average molecular weight is 445 g/mol. The second-order valence-corrected chi connectivity index (χ2v) is 9.01. The largest absolute Gasteiger partial charge is 0.356 e. The predicted octanol–water partition coefficient (Wildman–Crippen LogP) is 6.67. The van der Waals surface area contributed by atoms with Gasteiger partial charge in [-0.3, -0.25) is 4.79 Å². The third-order valence-corrected chi connectivity index (χ3v) is 6.24. The lowest BCUT2D eigenvalue weighted by atomic mass is 9.90. The molecule has 0 bridgehead atoms. The molecule has 32 heavy (non-hydrogen) atoms. The summed E-state index contributed by atoms with van der Waals surface area (Å²) in [6.07, 6.45) is 5.84. The Balaban J connectivity index is 1.72. The molecule has 1 aliphatic heterocycles. The Morgan fingerprint density at radius 2 is 1.91 bits per heavy atom. The fraction of sp³-hybridized carbons (Fsp3) is 0.250. The molecule has 1 amide bonds. The Bertz CT molecular complexity index is 1140. The van der Waals surface area contributed by atoms with E-state index < -0.39 is 0 Å². The second kappa shape index (κ2) is 9.62. The fourth-order valence-electron chi connectivity index (χ4n) is 4.54. The van der Waals surface area contributed by atoms with E-state index in [9.17, 15) is 4.79 Å². The standard InChI is InChI=1S/C28H29ClN2O/c1-4-25-24(18-20(3)29)23-16-17-31(26(32)15-12-21-8-6-5-7-9-21)28(27(23)30-25)22-13-10-19(2)11-14-22/h4-11,13-14,18,28,30H,1,12,15-17H2,2-3H3/b20-18+. The van der Waals surface area contributed by atoms with E-state index >= 15 is 0 Å². The molecule has 0 fully saturated rings. The van der Waals surface area contributed by atoms with E-state index in [-0.39, 0.29) is 11.9 Å². The summed E-state index contributed by atoms with van der Waals surface area (Å²) in [5.74, 6) is 0.172. The summed E-state index contributed by atoms with van der Waals surface area (Å²) >= 11 is 6.24. The number of hydrogen-bond acceptors (Lipinski definition) is 1. The second-order valence-electron chi connectivity index (χ2n) is 8.42. The van der Waals surface area contributed by atoms with Crippen LogP contribution >= 0.6 is 11.6 Å². The third kappa shape index (κ3) is 4.58. The molecule has 1 aromatic heterocycles. The number of carbonyl (C=O) groups excluding carboxylic acids is 1. The Hall–Kier alpha value is -3.04. The molecular weight excluding hydrogens is 416 g/mol. The maximum Gasteiger partial charge on any atom is 0.223 e. The normalized spacial score (nSPS) is 16.0. The van der Waals surface area contributed by atoms with Crippen molar-refractivity contribution in [3.8, 4) is 0 Å². The molecular formula is C28H29ClN2O. The Morgan fingerprint density at radius 1 is 1.19 bits per heavy atom. The molecule has 2 heterocycles. The van der Waals surface area contributed by atoms with Gasteiger partial charge in [0.05, 0.1) is 6.04 Å². The molecule has 3 nitrogen and oxygen atoms in total. The van der Waals surface area contributed by atoms with Crippen LogP contribution in [0.5, 0.6) is 0 Å². The lowest BCUT2D eigenvalue weighted by Crippen LogP contribution is -2.40. The monoisotopic (exact) mass is 444 g/mol. The van der Waals surface area contributed by atoms with Crippen molar-refractivity contribution in [2.45, 2.75) is 39.2 Å². The van der Waals surface area contributed by atoms with Crippen LogP contribution in [-0.4, -0.2) is 22.3 Å². The quantitative estimate of drug-likeness (QED) is 0.452. The van der Waals surface area contributed by atoms with Gasteiger partial charge in [-0.25, -0.2) is 0 Å². The van der Waals surface area contributed by atoms with Crippen LogP contribution in [0.25, 0.3) is 12.2 Å². The number of H-pyrrole nitrogens is 1. The Kier molecular flexibility index (Phi) is 6.66. The van der Waals surface area contributed by atoms with E-state index in [0.29, 0.717) is 13.0 Å². The van der Waals surface area contributed by atoms with Crippen LogP contribution < -0.4 is 0 Å². The van der Waals surface area contributed by atoms with Crippen LogP contribution in [-0.2, 0) is 17.6 Å². The average Bonchev–Trinajstić information content (AvgIpc) is 3.15. The molecule has 0 aliphatic carbocycles. The van der Waals surface area contributed by atoms with Gasteiger partial charge in [0.25, 0.3) is 0 Å². The number of hydrogen-bond donors (Lipinski definition) is 1. The highest BCUT2D eigenvalue weighted by molar-refractivity contribution is 6.31. The van der Waals surface area contributed by atoms with Gasteiger partial charge in [-0.2, -0.15) is 0 Å². The minimum atomic E-state index is -0.154. The van der Waals surface area contributed by atoms with E-state index in [1.165, 1.54) is 16.7 Å². The molecule has 4 heteroatoms. The molecule has 4 rings (SSSR count). The summed E-state index contributed by atoms with van der Waals surface area (Å²) in [5.41, 5.74) is 7.81. The van der Waals surface area contributed by atoms with Gasteiger partial charge in [0.1, 0.15) is 0 Å². The first kappa shape index (κ1) is 22.2. The van der Waals surface area contributed by atoms with Crippen LogP contribution in [0.15, 0.2) is 66.2 Å². The highest BCUT2D eigenvalue weighted by Crippen LogP contribution is 2.39. The fourth-order valence-corrected chi connectivity index (χ4v) is 4.65. The van der Waals surface area contributed by atoms with Crippen molar-refractivity contribution < 1.29 is 4.79 Å². The van der Waals surface area contributed by atoms with E-state index in [0.717, 1.165) is 40.4 Å². The van der Waals surface area contributed by atoms with Gasteiger partial charge in [0, 0.05) is 34.9 Å². The molecule has 3 aromatic rings. The van der Waals surface area contributed by atoms with Crippen LogP contribution in [0, 0.1) is 6.92 Å². The minimum Gasteiger partial charge on any atom is -0.356 e. The van der Waals surface area contributed by atoms with Crippen LogP contribution in [0.3, 0.4) is 0 Å². The first-order valence-electron chi connectivity index (χ1n) is 11.1. The number of aromatic amines is 1. The molecule has 164 valence electrons. The lowest BCUT2D eigenvalue weighted by molar-refractivity contribution is -0.133. The van der Waals surface area contributed by atoms with E-state index in [1.807, 2.05) is 42.2 Å². The number of rotatable bonds is 6. The van der Waals surface area contributed by atoms with E-state index in [1.54, 1.807) is 0 Å². The van der Waals surface area contributed by atoms with Crippen molar-refractivity contribution in [3.63, 3.8) is 0 Å². The zero-order valence-electron chi connectivity index (χ0n) is 18.7. The van der Waals surface area contributed by atoms with Crippen molar-refractivity contribution in [1.82, 2.24) is 9.88 Å². The summed E-state index contributed by atoms with van der Waals surface area (Å²) in [7, 11) is 0. The molecule has 0 saturated heterocycles. The summed E-state index contributed by atoms with van der Waals surface area (Å²) in [4.78, 5) is 19.0. The number of amides is 1. The number of aryl methyl sites for hydroxylation is 2. The Morgan fingerprint density at radius 3 is 2.56 bits per heavy atom. The highest BCUT2D eigenvalue weighted by Gasteiger charge is 2.35. The molecule has 0 spiro atoms. The number of nitrogens with zero attached hydrogens (tertiary/aromatic N) is 1. The van der Waals surface area contributed by atoms with Gasteiger partial charge in [-0.05, 0) is 55.5 Å². The summed E-state index contributed by atoms with van der Waals surface area (Å²) in [5, 5.41) is 0.725. The molecule has 2 aromatic carbocycles. The molecule has 1 unspecified atom stereocenters. The van der Waals surface area contributed by atoms with Gasteiger partial charge >= 0.3 is 0 Å². The number of fused-ring (bicyclic) bond motifs is 1. The van der Waals surface area contributed by atoms with Crippen molar-refractivity contribution in [2.75, 3.05) is 6.54 Å². The van der Waals surface area contributed by atoms with Gasteiger partial charge in [0.15, 0.2) is 0 Å². The van der Waals surface area contributed by atoms with Gasteiger partial charge < -0.3 is 9.88 Å². The molecule has 0 saturated carbocycles. The summed E-state index contributed by atoms with van der Waals surface area (Å²) < 4.78 is 0. The molecule has 1 N–H and O–H groups in total. The molecule has 1 aliphatic rings. The van der Waals surface area contributed by atoms with Crippen LogP contribution in [0.2, 0.25) is 0 Å². The first-order chi connectivity index (χ1) is 15.5. The number of benzene rings is 2. The smallest absolute Gasteiger partial charge is 0.223 e. The SMILES string of the molecule is C=Cc1[nH]c2c(c1/C=C(\C)Cl)CCN(C(=O)CCc1ccccc1)C2c1ccc(C)cc1. The zero-order chi connectivity index (χ0) is 22.7. The van der Waals surface area contributed by atoms with E-state index in [2.05, 4.69) is 54.9 Å². The van der Waals surface area contributed by atoms with Gasteiger partial charge in [-0.15, -0.1) is 0 Å². The van der Waals surface area contributed by atoms with E-state index in [4.69, 9.17) is 11.6 Å². The number of aromatic nitrogens is 1. The van der Waals surface area contributed by atoms with Gasteiger partial charge in [0.2, 0.25) is 5.91 Å². The minimum absolute atomic E-state index is 0.154. The number of nitrogens with one attached hydrogen (secondary N) is 1. The van der Waals surface area contributed by atoms with Crippen molar-refractivity contribution in [1.29, 1.82) is 0 Å². The van der Waals surface area contributed by atoms with Crippen molar-refractivity contribution in [2.24, 2.45) is 0 Å². The van der Waals surface area contributed by atoms with Gasteiger partial charge in [-0.1, -0.05) is 78.3 Å². The van der Waals surface area contributed by atoms with Crippen LogP contribution in [0.1, 0.15) is 58.6 Å². The summed E-state index contributed by atoms with van der Waals surface area (Å²) in [6, 6.07) is 18.5. The summed E-state index contributed by atoms with van der Waals surface area (Å²) in [6.45, 7) is 8.62. The number of allylic oxidation sites excluding steroid dienone is 1. The molecule has 0 radical (unpaired) electrons. The predicted molar refractivity (Wildman–Crippen MR) is 134 cm³/mol. The number of halogens is 1. The third-order valence-electron chi connectivity index (χ3n) is 6.13. The topological polar surface area (TPSA) is 36.1 Å². The zero-order valence-corrected chi connectivity index (χ0v) is 19.5. The van der Waals surface area contributed by atoms with Crippen molar-refractivity contribution >= 4 is 29.7 Å².